The minimum Gasteiger partial charge on any atom is -0.454 e. The Bertz CT molecular complexity index is 800. The minimum atomic E-state index is -0.392. The summed E-state index contributed by atoms with van der Waals surface area (Å²) >= 11 is 0. The Labute approximate surface area is 139 Å². The molecule has 0 bridgehead atoms. The molecule has 6 heteroatoms. The van der Waals surface area contributed by atoms with Gasteiger partial charge in [-0.3, -0.25) is 9.59 Å². The molecule has 0 radical (unpaired) electrons. The van der Waals surface area contributed by atoms with Crippen LogP contribution in [0.3, 0.4) is 0 Å². The lowest BCUT2D eigenvalue weighted by molar-refractivity contribution is -0.117. The predicted molar refractivity (Wildman–Crippen MR) is 88.5 cm³/mol. The highest BCUT2D eigenvalue weighted by atomic mass is 16.7. The first-order valence-electron chi connectivity index (χ1n) is 7.37. The highest BCUT2D eigenvalue weighted by molar-refractivity contribution is 6.05. The molecule has 0 fully saturated rings. The summed E-state index contributed by atoms with van der Waals surface area (Å²) < 4.78 is 10.6. The van der Waals surface area contributed by atoms with E-state index >= 15 is 0 Å². The van der Waals surface area contributed by atoms with Gasteiger partial charge in [-0.1, -0.05) is 24.3 Å². The van der Waals surface area contributed by atoms with Gasteiger partial charge in [-0.2, -0.15) is 0 Å². The van der Waals surface area contributed by atoms with Gasteiger partial charge >= 0.3 is 0 Å². The lowest BCUT2D eigenvalue weighted by Gasteiger charge is -2.09. The first kappa shape index (κ1) is 15.6. The summed E-state index contributed by atoms with van der Waals surface area (Å²) in [4.78, 5) is 24.3. The molecule has 0 spiro atoms. The molecule has 3 rings (SSSR count). The van der Waals surface area contributed by atoms with E-state index in [1.165, 1.54) is 7.05 Å². The van der Waals surface area contributed by atoms with Crippen molar-refractivity contribution < 1.29 is 19.1 Å². The summed E-state index contributed by atoms with van der Waals surface area (Å²) in [6, 6.07) is 14.0. The van der Waals surface area contributed by atoms with Gasteiger partial charge in [0.05, 0.1) is 0 Å². The second kappa shape index (κ2) is 6.87. The van der Waals surface area contributed by atoms with Crippen LogP contribution in [-0.2, 0) is 4.79 Å². The van der Waals surface area contributed by atoms with Crippen molar-refractivity contribution in [1.82, 2.24) is 10.6 Å². The van der Waals surface area contributed by atoms with Crippen molar-refractivity contribution in [3.8, 4) is 11.5 Å². The van der Waals surface area contributed by atoms with Crippen LogP contribution < -0.4 is 20.1 Å². The van der Waals surface area contributed by atoms with E-state index in [-0.39, 0.29) is 18.4 Å². The largest absolute Gasteiger partial charge is 0.454 e. The fraction of sp³-hybridized carbons (Fsp3) is 0.111. The number of likely N-dealkylation sites (N-methyl/N-ethyl adjacent to an activating group) is 1. The van der Waals surface area contributed by atoms with Gasteiger partial charge in [0.15, 0.2) is 11.5 Å². The number of hydrogen-bond acceptors (Lipinski definition) is 4. The van der Waals surface area contributed by atoms with E-state index in [0.717, 1.165) is 0 Å². The monoisotopic (exact) mass is 324 g/mol. The molecule has 0 aliphatic carbocycles. The molecular weight excluding hydrogens is 308 g/mol. The molecule has 1 heterocycles. The van der Waals surface area contributed by atoms with Gasteiger partial charge in [0, 0.05) is 12.6 Å². The zero-order valence-electron chi connectivity index (χ0n) is 13.0. The zero-order valence-corrected chi connectivity index (χ0v) is 13.0. The van der Waals surface area contributed by atoms with Crippen LogP contribution in [0.25, 0.3) is 6.08 Å². The molecule has 1 aliphatic rings. The third-order valence-corrected chi connectivity index (χ3v) is 3.46. The van der Waals surface area contributed by atoms with Gasteiger partial charge < -0.3 is 20.1 Å². The normalized spacial score (nSPS) is 12.6. The summed E-state index contributed by atoms with van der Waals surface area (Å²) in [6.45, 7) is 0.176. The fourth-order valence-corrected chi connectivity index (χ4v) is 2.25. The third kappa shape index (κ3) is 3.38. The number of ether oxygens (including phenoxy) is 2. The average molecular weight is 324 g/mol. The number of benzene rings is 2. The van der Waals surface area contributed by atoms with Crippen LogP contribution in [0, 0.1) is 0 Å². The van der Waals surface area contributed by atoms with Crippen LogP contribution >= 0.6 is 0 Å². The van der Waals surface area contributed by atoms with Crippen LogP contribution in [0.15, 0.2) is 54.2 Å². The first-order valence-corrected chi connectivity index (χ1v) is 7.37. The van der Waals surface area contributed by atoms with Crippen molar-refractivity contribution in [2.45, 2.75) is 0 Å². The Kier molecular flexibility index (Phi) is 4.47. The van der Waals surface area contributed by atoms with Crippen molar-refractivity contribution in [2.24, 2.45) is 0 Å². The maximum atomic E-state index is 12.3. The van der Waals surface area contributed by atoms with E-state index in [2.05, 4.69) is 10.6 Å². The van der Waals surface area contributed by atoms with E-state index in [0.29, 0.717) is 22.6 Å². The molecule has 6 nitrogen and oxygen atoms in total. The molecule has 0 saturated carbocycles. The molecule has 0 atom stereocenters. The Morgan fingerprint density at radius 2 is 1.79 bits per heavy atom. The number of carbonyl (C=O) groups excluding carboxylic acids is 2. The topological polar surface area (TPSA) is 76.7 Å². The molecule has 2 aromatic carbocycles. The van der Waals surface area contributed by atoms with Crippen molar-refractivity contribution in [1.29, 1.82) is 0 Å². The van der Waals surface area contributed by atoms with Crippen molar-refractivity contribution in [3.05, 3.63) is 65.4 Å². The summed E-state index contributed by atoms with van der Waals surface area (Å²) in [5.41, 5.74) is 1.33. The Hall–Kier alpha value is -3.28. The van der Waals surface area contributed by atoms with Crippen LogP contribution in [0.2, 0.25) is 0 Å². The lowest BCUT2D eigenvalue weighted by atomic mass is 10.1. The van der Waals surface area contributed by atoms with E-state index in [9.17, 15) is 9.59 Å². The molecule has 0 saturated heterocycles. The Morgan fingerprint density at radius 1 is 1.04 bits per heavy atom. The predicted octanol–water partition coefficient (Wildman–Crippen LogP) is 1.93. The van der Waals surface area contributed by atoms with Gasteiger partial charge in [0.25, 0.3) is 11.8 Å². The lowest BCUT2D eigenvalue weighted by Crippen LogP contribution is -2.33. The molecular formula is C18H16N2O4. The van der Waals surface area contributed by atoms with Crippen LogP contribution in [0.1, 0.15) is 15.9 Å². The Morgan fingerprint density at radius 3 is 2.54 bits per heavy atom. The molecule has 0 unspecified atom stereocenters. The molecule has 2 amide bonds. The van der Waals surface area contributed by atoms with Crippen molar-refractivity contribution in [3.63, 3.8) is 0 Å². The maximum absolute atomic E-state index is 12.3. The number of nitrogens with one attached hydrogen (secondary N) is 2. The summed E-state index contributed by atoms with van der Waals surface area (Å²) in [7, 11) is 1.50. The first-order chi connectivity index (χ1) is 11.7. The van der Waals surface area contributed by atoms with Gasteiger partial charge in [-0.15, -0.1) is 0 Å². The summed E-state index contributed by atoms with van der Waals surface area (Å²) in [6.07, 6.45) is 1.58. The number of fused-ring (bicyclic) bond motifs is 1. The van der Waals surface area contributed by atoms with Gasteiger partial charge in [0.1, 0.15) is 5.70 Å². The molecule has 0 aromatic heterocycles. The number of carbonyl (C=O) groups is 2. The smallest absolute Gasteiger partial charge is 0.267 e. The second-order valence-electron chi connectivity index (χ2n) is 5.07. The average Bonchev–Trinajstić information content (AvgIpc) is 3.09. The quantitative estimate of drug-likeness (QED) is 0.843. The molecule has 2 aromatic rings. The third-order valence-electron chi connectivity index (χ3n) is 3.46. The zero-order chi connectivity index (χ0) is 16.9. The number of amides is 2. The van der Waals surface area contributed by atoms with Crippen molar-refractivity contribution >= 4 is 17.9 Å². The van der Waals surface area contributed by atoms with Crippen LogP contribution in [0.5, 0.6) is 11.5 Å². The number of rotatable bonds is 4. The second-order valence-corrected chi connectivity index (χ2v) is 5.07. The minimum absolute atomic E-state index is 0.144. The van der Waals surface area contributed by atoms with Crippen LogP contribution in [-0.4, -0.2) is 25.7 Å². The number of hydrogen-bond donors (Lipinski definition) is 2. The van der Waals surface area contributed by atoms with Gasteiger partial charge in [-0.25, -0.2) is 0 Å². The highest BCUT2D eigenvalue weighted by Gasteiger charge is 2.16. The maximum Gasteiger partial charge on any atom is 0.267 e. The summed E-state index contributed by atoms with van der Waals surface area (Å²) in [5, 5.41) is 5.15. The van der Waals surface area contributed by atoms with Crippen molar-refractivity contribution in [2.75, 3.05) is 13.8 Å². The van der Waals surface area contributed by atoms with Gasteiger partial charge in [-0.05, 0) is 35.9 Å². The van der Waals surface area contributed by atoms with E-state index < -0.39 is 5.91 Å². The fourth-order valence-electron chi connectivity index (χ4n) is 2.25. The summed E-state index contributed by atoms with van der Waals surface area (Å²) in [5.74, 6) is 0.513. The van der Waals surface area contributed by atoms with E-state index in [4.69, 9.17) is 9.47 Å². The van der Waals surface area contributed by atoms with Gasteiger partial charge in [0.2, 0.25) is 6.79 Å². The molecule has 1 aliphatic heterocycles. The van der Waals surface area contributed by atoms with Crippen LogP contribution in [0.4, 0.5) is 0 Å². The van der Waals surface area contributed by atoms with E-state index in [1.807, 2.05) is 6.07 Å². The highest BCUT2D eigenvalue weighted by Crippen LogP contribution is 2.33. The molecule has 2 N–H and O–H groups in total. The van der Waals surface area contributed by atoms with E-state index in [1.54, 1.807) is 48.5 Å². The standard InChI is InChI=1S/C18H16N2O4/c1-19-18(22)14(20-17(21)13-5-3-2-4-6-13)9-12-7-8-15-16(10-12)24-11-23-15/h2-10H,11H2,1H3,(H,19,22)(H,20,21). The SMILES string of the molecule is CNC(=O)C(=Cc1ccc2c(c1)OCO2)NC(=O)c1ccccc1. The molecule has 122 valence electrons. The molecule has 24 heavy (non-hydrogen) atoms. The Balaban J connectivity index is 1.86.